The third-order valence-electron chi connectivity index (χ3n) is 6.75. The Hall–Kier alpha value is -3.96. The zero-order valence-electron chi connectivity index (χ0n) is 21.1. The molecule has 3 amide bonds. The standard InChI is InChI=1S/C27H29N5O5S/c1-3-29-26(35)31-24-22(16-8-4-7-11-20(16)38-24)23(33)17-14-28-13-12-27(17)25(34)30-21(32-27)15-37-19-10-6-5-9-18(19)36-2/h4-11,17,28H,3,12-15H2,1-2H3,(H2,29,31,35)(H,30,32,34). The van der Waals surface area contributed by atoms with Crippen molar-refractivity contribution in [2.24, 2.45) is 10.9 Å². The molecule has 3 aromatic rings. The minimum Gasteiger partial charge on any atom is -0.493 e. The Morgan fingerprint density at radius 1 is 1.16 bits per heavy atom. The lowest BCUT2D eigenvalue weighted by Gasteiger charge is -2.36. The number of hydrogen-bond acceptors (Lipinski definition) is 8. The average Bonchev–Trinajstić information content (AvgIpc) is 3.44. The maximum atomic E-state index is 14.2. The molecule has 5 rings (SSSR count). The number of ether oxygens (including phenoxy) is 2. The smallest absolute Gasteiger partial charge is 0.319 e. The van der Waals surface area contributed by atoms with Crippen molar-refractivity contribution in [1.82, 2.24) is 16.0 Å². The maximum absolute atomic E-state index is 14.2. The maximum Gasteiger partial charge on any atom is 0.319 e. The van der Waals surface area contributed by atoms with Crippen LogP contribution in [-0.4, -0.2) is 62.4 Å². The monoisotopic (exact) mass is 535 g/mol. The van der Waals surface area contributed by atoms with E-state index in [0.29, 0.717) is 47.4 Å². The lowest BCUT2D eigenvalue weighted by Crippen LogP contribution is -2.57. The summed E-state index contributed by atoms with van der Waals surface area (Å²) in [6, 6.07) is 14.3. The fourth-order valence-electron chi connectivity index (χ4n) is 4.96. The molecule has 38 heavy (non-hydrogen) atoms. The van der Waals surface area contributed by atoms with E-state index in [1.54, 1.807) is 19.2 Å². The molecule has 2 aromatic carbocycles. The van der Waals surface area contributed by atoms with Gasteiger partial charge in [0.05, 0.1) is 18.6 Å². The van der Waals surface area contributed by atoms with Crippen LogP contribution in [0.3, 0.4) is 0 Å². The van der Waals surface area contributed by atoms with Gasteiger partial charge in [-0.3, -0.25) is 19.9 Å². The second-order valence-corrected chi connectivity index (χ2v) is 10.1. The number of para-hydroxylation sites is 2. The van der Waals surface area contributed by atoms with Crippen molar-refractivity contribution in [2.75, 3.05) is 38.7 Å². The van der Waals surface area contributed by atoms with Gasteiger partial charge in [-0.25, -0.2) is 4.79 Å². The van der Waals surface area contributed by atoms with Crippen LogP contribution < -0.4 is 30.7 Å². The SMILES string of the molecule is CCNC(=O)Nc1sc2ccccc2c1C(=O)C1CNCCC12N=C(COc1ccccc1OC)NC2=O. The van der Waals surface area contributed by atoms with Crippen LogP contribution in [0.4, 0.5) is 9.80 Å². The highest BCUT2D eigenvalue weighted by Gasteiger charge is 2.54. The Kier molecular flexibility index (Phi) is 7.30. The van der Waals surface area contributed by atoms with Gasteiger partial charge >= 0.3 is 6.03 Å². The van der Waals surface area contributed by atoms with Gasteiger partial charge in [-0.15, -0.1) is 11.3 Å². The van der Waals surface area contributed by atoms with E-state index >= 15 is 0 Å². The van der Waals surface area contributed by atoms with Gasteiger partial charge in [0.2, 0.25) is 0 Å². The van der Waals surface area contributed by atoms with E-state index in [1.807, 2.05) is 43.3 Å². The molecule has 2 atom stereocenters. The summed E-state index contributed by atoms with van der Waals surface area (Å²) in [4.78, 5) is 44.8. The summed E-state index contributed by atoms with van der Waals surface area (Å²) in [6.45, 7) is 3.11. The van der Waals surface area contributed by atoms with Crippen LogP contribution in [-0.2, 0) is 4.79 Å². The summed E-state index contributed by atoms with van der Waals surface area (Å²) in [6.07, 6.45) is 0.356. The first kappa shape index (κ1) is 25.7. The Labute approximate surface area is 223 Å². The second kappa shape index (κ2) is 10.8. The number of thiophene rings is 1. The number of rotatable bonds is 8. The number of benzene rings is 2. The molecule has 4 N–H and O–H groups in total. The van der Waals surface area contributed by atoms with Gasteiger partial charge in [-0.2, -0.15) is 0 Å². The van der Waals surface area contributed by atoms with E-state index in [4.69, 9.17) is 14.5 Å². The number of fused-ring (bicyclic) bond motifs is 1. The Balaban J connectivity index is 1.47. The first-order valence-electron chi connectivity index (χ1n) is 12.4. The number of hydrogen-bond donors (Lipinski definition) is 4. The fourth-order valence-corrected chi connectivity index (χ4v) is 6.06. The van der Waals surface area contributed by atoms with E-state index < -0.39 is 17.5 Å². The number of carbonyl (C=O) groups excluding carboxylic acids is 3. The van der Waals surface area contributed by atoms with Gasteiger partial charge in [-0.05, 0) is 38.1 Å². The van der Waals surface area contributed by atoms with Crippen molar-refractivity contribution in [3.05, 3.63) is 54.1 Å². The highest BCUT2D eigenvalue weighted by atomic mass is 32.1. The number of piperidine rings is 1. The van der Waals surface area contributed by atoms with Gasteiger partial charge < -0.3 is 25.4 Å². The first-order chi connectivity index (χ1) is 18.5. The molecule has 2 unspecified atom stereocenters. The molecule has 1 spiro atoms. The molecule has 0 radical (unpaired) electrons. The van der Waals surface area contributed by atoms with Crippen LogP contribution in [0, 0.1) is 5.92 Å². The topological polar surface area (TPSA) is 130 Å². The number of urea groups is 1. The van der Waals surface area contributed by atoms with Gasteiger partial charge in [0.1, 0.15) is 17.4 Å². The summed E-state index contributed by atoms with van der Waals surface area (Å²) in [5.74, 6) is 0.112. The summed E-state index contributed by atoms with van der Waals surface area (Å²) >= 11 is 1.33. The van der Waals surface area contributed by atoms with Crippen molar-refractivity contribution < 1.29 is 23.9 Å². The number of amides is 3. The summed E-state index contributed by atoms with van der Waals surface area (Å²) < 4.78 is 12.1. The second-order valence-electron chi connectivity index (χ2n) is 9.03. The number of methoxy groups -OCH3 is 1. The quantitative estimate of drug-likeness (QED) is 0.328. The Morgan fingerprint density at radius 2 is 1.92 bits per heavy atom. The van der Waals surface area contributed by atoms with Crippen molar-refractivity contribution in [1.29, 1.82) is 0 Å². The zero-order chi connectivity index (χ0) is 26.7. The summed E-state index contributed by atoms with van der Waals surface area (Å²) in [5.41, 5.74) is -0.875. The molecule has 198 valence electrons. The van der Waals surface area contributed by atoms with E-state index in [1.165, 1.54) is 11.3 Å². The molecule has 1 aromatic heterocycles. The van der Waals surface area contributed by atoms with Gasteiger partial charge in [0.25, 0.3) is 5.91 Å². The molecule has 0 aliphatic carbocycles. The number of amidine groups is 1. The van der Waals surface area contributed by atoms with Crippen molar-refractivity contribution >= 4 is 50.0 Å². The number of nitrogens with one attached hydrogen (secondary N) is 4. The first-order valence-corrected chi connectivity index (χ1v) is 13.3. The predicted octanol–water partition coefficient (Wildman–Crippen LogP) is 3.19. The Morgan fingerprint density at radius 3 is 2.71 bits per heavy atom. The molecule has 3 heterocycles. The minimum atomic E-state index is -1.27. The number of aliphatic imine (C=N–C) groups is 1. The molecular formula is C27H29N5O5S. The summed E-state index contributed by atoms with van der Waals surface area (Å²) in [5, 5.41) is 12.8. The van der Waals surface area contributed by atoms with Gasteiger partial charge in [0.15, 0.2) is 22.8 Å². The molecule has 1 fully saturated rings. The molecule has 2 aliphatic heterocycles. The van der Waals surface area contributed by atoms with Crippen LogP contribution in [0.2, 0.25) is 0 Å². The fraction of sp³-hybridized carbons (Fsp3) is 0.333. The van der Waals surface area contributed by atoms with Crippen molar-refractivity contribution in [3.8, 4) is 11.5 Å². The third kappa shape index (κ3) is 4.70. The van der Waals surface area contributed by atoms with Crippen molar-refractivity contribution in [3.63, 3.8) is 0 Å². The number of nitrogens with zero attached hydrogens (tertiary/aromatic N) is 1. The van der Waals surface area contributed by atoms with Gasteiger partial charge in [-0.1, -0.05) is 30.3 Å². The lowest BCUT2D eigenvalue weighted by atomic mass is 9.74. The number of carbonyl (C=O) groups is 3. The molecule has 0 saturated carbocycles. The third-order valence-corrected chi connectivity index (χ3v) is 7.84. The molecule has 11 heteroatoms. The molecule has 1 saturated heterocycles. The normalized spacial score (nSPS) is 20.6. The Bertz CT molecular complexity index is 1420. The zero-order valence-corrected chi connectivity index (χ0v) is 21.9. The number of anilines is 1. The van der Waals surface area contributed by atoms with E-state index in [0.717, 1.165) is 10.1 Å². The summed E-state index contributed by atoms with van der Waals surface area (Å²) in [7, 11) is 1.56. The molecular weight excluding hydrogens is 506 g/mol. The van der Waals surface area contributed by atoms with Crippen LogP contribution in [0.5, 0.6) is 11.5 Å². The van der Waals surface area contributed by atoms with Crippen LogP contribution >= 0.6 is 11.3 Å². The molecule has 10 nitrogen and oxygen atoms in total. The largest absolute Gasteiger partial charge is 0.493 e. The molecule has 2 aliphatic rings. The predicted molar refractivity (Wildman–Crippen MR) is 147 cm³/mol. The highest BCUT2D eigenvalue weighted by molar-refractivity contribution is 7.23. The van der Waals surface area contributed by atoms with E-state index in [2.05, 4.69) is 21.3 Å². The van der Waals surface area contributed by atoms with Gasteiger partial charge in [0, 0.05) is 23.2 Å². The van der Waals surface area contributed by atoms with Crippen LogP contribution in [0.15, 0.2) is 53.5 Å². The number of Topliss-reactive ketones (excluding diaryl/α,β-unsaturated/α-hetero) is 1. The minimum absolute atomic E-state index is 0.0214. The van der Waals surface area contributed by atoms with E-state index in [-0.39, 0.29) is 24.8 Å². The van der Waals surface area contributed by atoms with Crippen LogP contribution in [0.1, 0.15) is 23.7 Å². The highest BCUT2D eigenvalue weighted by Crippen LogP contribution is 2.41. The van der Waals surface area contributed by atoms with Crippen molar-refractivity contribution in [2.45, 2.75) is 18.9 Å². The lowest BCUT2D eigenvalue weighted by molar-refractivity contribution is -0.125. The average molecular weight is 536 g/mol. The van der Waals surface area contributed by atoms with E-state index in [9.17, 15) is 14.4 Å². The molecule has 0 bridgehead atoms. The number of ketones is 1. The van der Waals surface area contributed by atoms with Crippen LogP contribution in [0.25, 0.3) is 10.1 Å².